The molecule has 1 aromatic carbocycles. The van der Waals surface area contributed by atoms with Gasteiger partial charge in [0.1, 0.15) is 5.82 Å². The summed E-state index contributed by atoms with van der Waals surface area (Å²) in [6.07, 6.45) is 2.82. The van der Waals surface area contributed by atoms with Crippen molar-refractivity contribution in [1.82, 2.24) is 9.55 Å². The van der Waals surface area contributed by atoms with Crippen molar-refractivity contribution in [1.29, 1.82) is 0 Å². The third kappa shape index (κ3) is 2.01. The highest BCUT2D eigenvalue weighted by atomic mass is 19.1. The monoisotopic (exact) mass is 264 g/mol. The van der Waals surface area contributed by atoms with Gasteiger partial charge in [-0.05, 0) is 12.5 Å². The predicted octanol–water partition coefficient (Wildman–Crippen LogP) is 1.06. The number of fused-ring (bicyclic) bond motifs is 1. The van der Waals surface area contributed by atoms with Gasteiger partial charge in [0.25, 0.3) is 0 Å². The number of hydrogen-bond acceptors (Lipinski definition) is 4. The molecule has 1 unspecified atom stereocenters. The van der Waals surface area contributed by atoms with Crippen molar-refractivity contribution in [2.75, 3.05) is 6.61 Å². The molecule has 0 saturated carbocycles. The zero-order valence-corrected chi connectivity index (χ0v) is 10.1. The van der Waals surface area contributed by atoms with E-state index >= 15 is 0 Å². The molecule has 100 valence electrons. The first-order chi connectivity index (χ1) is 9.19. The highest BCUT2D eigenvalue weighted by Crippen LogP contribution is 2.21. The van der Waals surface area contributed by atoms with Crippen LogP contribution in [0.25, 0.3) is 11.0 Å². The standard InChI is InChI=1S/C12H13FN4O2/c13-9-4-11-10(3-8(9)12(14)16-18)15-6-17(11)5-7-1-2-19-7/h3-4,6-7,18H,1-2,5H2,(H2,14,16). The highest BCUT2D eigenvalue weighted by Gasteiger charge is 2.20. The lowest BCUT2D eigenvalue weighted by molar-refractivity contribution is -0.0586. The summed E-state index contributed by atoms with van der Waals surface area (Å²) in [4.78, 5) is 4.20. The molecule has 0 amide bonds. The molecular formula is C12H13FN4O2. The van der Waals surface area contributed by atoms with Crippen molar-refractivity contribution in [3.05, 3.63) is 29.8 Å². The molecule has 0 bridgehead atoms. The molecule has 1 fully saturated rings. The van der Waals surface area contributed by atoms with Gasteiger partial charge in [-0.3, -0.25) is 0 Å². The topological polar surface area (TPSA) is 85.7 Å². The number of amidine groups is 1. The molecule has 7 heteroatoms. The van der Waals surface area contributed by atoms with Crippen LogP contribution in [0.15, 0.2) is 23.6 Å². The lowest BCUT2D eigenvalue weighted by atomic mass is 10.1. The van der Waals surface area contributed by atoms with Crippen LogP contribution in [-0.4, -0.2) is 33.3 Å². The number of hydrogen-bond donors (Lipinski definition) is 2. The molecule has 0 spiro atoms. The second-order valence-corrected chi connectivity index (χ2v) is 4.48. The number of nitrogens with two attached hydrogens (primary N) is 1. The molecule has 2 heterocycles. The van der Waals surface area contributed by atoms with Crippen molar-refractivity contribution in [3.8, 4) is 0 Å². The quantitative estimate of drug-likeness (QED) is 0.375. The summed E-state index contributed by atoms with van der Waals surface area (Å²) in [6, 6.07) is 2.81. The molecule has 0 radical (unpaired) electrons. The van der Waals surface area contributed by atoms with Gasteiger partial charge in [-0.25, -0.2) is 9.37 Å². The Morgan fingerprint density at radius 2 is 2.42 bits per heavy atom. The summed E-state index contributed by atoms with van der Waals surface area (Å²) >= 11 is 0. The smallest absolute Gasteiger partial charge is 0.173 e. The maximum atomic E-state index is 13.9. The molecule has 2 aromatic rings. The van der Waals surface area contributed by atoms with Gasteiger partial charge in [-0.15, -0.1) is 0 Å². The summed E-state index contributed by atoms with van der Waals surface area (Å²) < 4.78 is 21.1. The van der Waals surface area contributed by atoms with E-state index in [1.54, 1.807) is 6.33 Å². The van der Waals surface area contributed by atoms with Gasteiger partial charge in [-0.1, -0.05) is 5.16 Å². The Labute approximate surface area is 108 Å². The molecule has 0 aliphatic carbocycles. The fraction of sp³-hybridized carbons (Fsp3) is 0.333. The van der Waals surface area contributed by atoms with Crippen molar-refractivity contribution in [2.45, 2.75) is 19.1 Å². The Bertz CT molecular complexity index is 648. The van der Waals surface area contributed by atoms with Crippen molar-refractivity contribution in [2.24, 2.45) is 10.9 Å². The second kappa shape index (κ2) is 4.51. The fourth-order valence-corrected chi connectivity index (χ4v) is 2.12. The summed E-state index contributed by atoms with van der Waals surface area (Å²) in [7, 11) is 0. The average molecular weight is 264 g/mol. The number of aromatic nitrogens is 2. The van der Waals surface area contributed by atoms with Crippen LogP contribution in [0, 0.1) is 5.82 Å². The number of oxime groups is 1. The summed E-state index contributed by atoms with van der Waals surface area (Å²) in [5.41, 5.74) is 6.72. The zero-order chi connectivity index (χ0) is 13.4. The van der Waals surface area contributed by atoms with Gasteiger partial charge in [0.2, 0.25) is 0 Å². The summed E-state index contributed by atoms with van der Waals surface area (Å²) in [5, 5.41) is 11.4. The molecule has 3 rings (SSSR count). The van der Waals surface area contributed by atoms with Gasteiger partial charge >= 0.3 is 0 Å². The van der Waals surface area contributed by atoms with Crippen LogP contribution in [0.2, 0.25) is 0 Å². The zero-order valence-electron chi connectivity index (χ0n) is 10.1. The molecule has 1 saturated heterocycles. The van der Waals surface area contributed by atoms with E-state index in [0.29, 0.717) is 17.6 Å². The third-order valence-electron chi connectivity index (χ3n) is 3.29. The number of imidazole rings is 1. The number of benzene rings is 1. The normalized spacial score (nSPS) is 19.6. The third-order valence-corrected chi connectivity index (χ3v) is 3.29. The largest absolute Gasteiger partial charge is 0.409 e. The Morgan fingerprint density at radius 1 is 1.63 bits per heavy atom. The van der Waals surface area contributed by atoms with Crippen molar-refractivity contribution < 1.29 is 14.3 Å². The molecule has 1 atom stereocenters. The van der Waals surface area contributed by atoms with E-state index in [2.05, 4.69) is 10.1 Å². The summed E-state index contributed by atoms with van der Waals surface area (Å²) in [5.74, 6) is -0.810. The predicted molar refractivity (Wildman–Crippen MR) is 66.6 cm³/mol. The molecule has 1 aromatic heterocycles. The minimum Gasteiger partial charge on any atom is -0.409 e. The van der Waals surface area contributed by atoms with E-state index in [-0.39, 0.29) is 17.5 Å². The van der Waals surface area contributed by atoms with E-state index in [0.717, 1.165) is 13.0 Å². The Balaban J connectivity index is 2.01. The minimum absolute atomic E-state index is 0.0418. The van der Waals surface area contributed by atoms with E-state index in [9.17, 15) is 4.39 Å². The molecular weight excluding hydrogens is 251 g/mol. The Hall–Kier alpha value is -2.15. The van der Waals surface area contributed by atoms with Crippen LogP contribution in [0.1, 0.15) is 12.0 Å². The van der Waals surface area contributed by atoms with Gasteiger partial charge < -0.3 is 20.2 Å². The molecule has 3 N–H and O–H groups in total. The van der Waals surface area contributed by atoms with E-state index in [4.69, 9.17) is 15.7 Å². The Kier molecular flexibility index (Phi) is 2.83. The SMILES string of the molecule is NC(=NO)c1cc2ncn(CC3CCO3)c2cc1F. The van der Waals surface area contributed by atoms with Crippen LogP contribution in [0.4, 0.5) is 4.39 Å². The first kappa shape index (κ1) is 11.9. The maximum Gasteiger partial charge on any atom is 0.173 e. The van der Waals surface area contributed by atoms with Crippen LogP contribution >= 0.6 is 0 Å². The van der Waals surface area contributed by atoms with E-state index in [1.807, 2.05) is 4.57 Å². The Morgan fingerprint density at radius 3 is 3.05 bits per heavy atom. The van der Waals surface area contributed by atoms with Crippen molar-refractivity contribution in [3.63, 3.8) is 0 Å². The minimum atomic E-state index is -0.543. The first-order valence-electron chi connectivity index (χ1n) is 5.93. The average Bonchev–Trinajstić information content (AvgIpc) is 2.74. The highest BCUT2D eigenvalue weighted by molar-refractivity contribution is 6.00. The maximum absolute atomic E-state index is 13.9. The molecule has 19 heavy (non-hydrogen) atoms. The number of rotatable bonds is 3. The molecule has 1 aliphatic rings. The lowest BCUT2D eigenvalue weighted by Crippen LogP contribution is -2.30. The van der Waals surface area contributed by atoms with E-state index in [1.165, 1.54) is 12.1 Å². The number of halogens is 1. The number of ether oxygens (including phenoxy) is 1. The second-order valence-electron chi connectivity index (χ2n) is 4.48. The van der Waals surface area contributed by atoms with Crippen LogP contribution < -0.4 is 5.73 Å². The van der Waals surface area contributed by atoms with Gasteiger partial charge in [-0.2, -0.15) is 0 Å². The van der Waals surface area contributed by atoms with Crippen molar-refractivity contribution >= 4 is 16.9 Å². The fourth-order valence-electron chi connectivity index (χ4n) is 2.12. The van der Waals surface area contributed by atoms with Gasteiger partial charge in [0.05, 0.1) is 35.6 Å². The van der Waals surface area contributed by atoms with Crippen LogP contribution in [-0.2, 0) is 11.3 Å². The number of nitrogens with zero attached hydrogens (tertiary/aromatic N) is 3. The summed E-state index contributed by atoms with van der Waals surface area (Å²) in [6.45, 7) is 1.43. The first-order valence-corrected chi connectivity index (χ1v) is 5.93. The molecule has 6 nitrogen and oxygen atoms in total. The van der Waals surface area contributed by atoms with Gasteiger partial charge in [0.15, 0.2) is 5.84 Å². The van der Waals surface area contributed by atoms with Crippen LogP contribution in [0.3, 0.4) is 0 Å². The van der Waals surface area contributed by atoms with E-state index < -0.39 is 5.82 Å². The lowest BCUT2D eigenvalue weighted by Gasteiger charge is -2.26. The van der Waals surface area contributed by atoms with Gasteiger partial charge in [0, 0.05) is 12.7 Å². The van der Waals surface area contributed by atoms with Crippen LogP contribution in [0.5, 0.6) is 0 Å². The molecule has 1 aliphatic heterocycles.